The fourth-order valence-corrected chi connectivity index (χ4v) is 5.52. The highest BCUT2D eigenvalue weighted by molar-refractivity contribution is 5.95. The van der Waals surface area contributed by atoms with Crippen LogP contribution in [0.2, 0.25) is 0 Å². The van der Waals surface area contributed by atoms with Gasteiger partial charge < -0.3 is 14.7 Å². The van der Waals surface area contributed by atoms with E-state index >= 15 is 0 Å². The lowest BCUT2D eigenvalue weighted by Crippen LogP contribution is -2.50. The summed E-state index contributed by atoms with van der Waals surface area (Å²) in [5.41, 5.74) is -5.51. The maximum absolute atomic E-state index is 14.6. The number of likely N-dealkylation sites (tertiary alicyclic amines) is 1. The maximum Gasteiger partial charge on any atom is 0.435 e. The van der Waals surface area contributed by atoms with Gasteiger partial charge in [-0.05, 0) is 48.1 Å². The van der Waals surface area contributed by atoms with Crippen LogP contribution in [0.4, 0.5) is 30.7 Å². The molecule has 1 heterocycles. The average Bonchev–Trinajstić information content (AvgIpc) is 3.29. The molecule has 4 rings (SSSR count). The van der Waals surface area contributed by atoms with E-state index in [0.717, 1.165) is 6.07 Å². The Labute approximate surface area is 213 Å². The number of benzene rings is 2. The van der Waals surface area contributed by atoms with Crippen molar-refractivity contribution in [2.45, 2.75) is 55.2 Å². The molecule has 1 aliphatic carbocycles. The van der Waals surface area contributed by atoms with Crippen LogP contribution >= 0.6 is 0 Å². The number of carboxylic acid groups (broad SMARTS) is 1. The Hall–Kier alpha value is -3.15. The fraction of sp³-hybridized carbons (Fsp3) is 0.462. The molecule has 1 N–H and O–H groups in total. The molecule has 2 aliphatic rings. The van der Waals surface area contributed by atoms with Crippen LogP contribution < -0.4 is 0 Å². The molecule has 5 nitrogen and oxygen atoms in total. The molecule has 1 saturated heterocycles. The Bertz CT molecular complexity index is 1200. The molecule has 2 aromatic rings. The van der Waals surface area contributed by atoms with Crippen LogP contribution in [0.3, 0.4) is 0 Å². The number of fused-ring (bicyclic) bond motifs is 3. The van der Waals surface area contributed by atoms with E-state index in [1.54, 1.807) is 4.90 Å². The molecule has 38 heavy (non-hydrogen) atoms. The fourth-order valence-electron chi connectivity index (χ4n) is 5.52. The van der Waals surface area contributed by atoms with Crippen LogP contribution in [0.25, 0.3) is 0 Å². The van der Waals surface area contributed by atoms with Crippen molar-refractivity contribution in [3.8, 4) is 0 Å². The van der Waals surface area contributed by atoms with Crippen molar-refractivity contribution in [3.05, 3.63) is 70.3 Å². The first-order valence-electron chi connectivity index (χ1n) is 11.8. The Kier molecular flexibility index (Phi) is 7.24. The van der Waals surface area contributed by atoms with E-state index in [-0.39, 0.29) is 42.9 Å². The number of amides is 1. The molecule has 0 radical (unpaired) electrons. The highest BCUT2D eigenvalue weighted by atomic mass is 19.4. The van der Waals surface area contributed by atoms with Crippen LogP contribution in [-0.4, -0.2) is 60.5 Å². The monoisotopic (exact) mass is 547 g/mol. The van der Waals surface area contributed by atoms with Gasteiger partial charge in [0.2, 0.25) is 0 Å². The predicted octanol–water partition coefficient (Wildman–Crippen LogP) is 5.74. The molecule has 1 unspecified atom stereocenters. The number of hydrogen-bond donors (Lipinski definition) is 1. The molecule has 2 aromatic carbocycles. The summed E-state index contributed by atoms with van der Waals surface area (Å²) in [6.45, 7) is 0.270. The van der Waals surface area contributed by atoms with Gasteiger partial charge in [-0.1, -0.05) is 30.3 Å². The molecular formula is C26H24F7NO4. The van der Waals surface area contributed by atoms with E-state index < -0.39 is 35.5 Å². The topological polar surface area (TPSA) is 66.8 Å². The number of aliphatic carboxylic acids is 1. The summed E-state index contributed by atoms with van der Waals surface area (Å²) in [5.74, 6) is -2.62. The molecule has 1 fully saturated rings. The molecule has 3 atom stereocenters. The van der Waals surface area contributed by atoms with Gasteiger partial charge in [0.1, 0.15) is 5.92 Å². The molecule has 0 bridgehead atoms. The van der Waals surface area contributed by atoms with Gasteiger partial charge in [-0.2, -0.15) is 26.3 Å². The van der Waals surface area contributed by atoms with Crippen molar-refractivity contribution in [2.75, 3.05) is 20.3 Å². The quantitative estimate of drug-likeness (QED) is 0.469. The zero-order valence-corrected chi connectivity index (χ0v) is 20.1. The summed E-state index contributed by atoms with van der Waals surface area (Å²) in [7, 11) is 1.38. The standard InChI is InChI=1S/C26H24F7NO4/c1-38-13-20(23(36)37)14-2-4-15(5-3-14)22(35)34-11-10-19-18-8-7-17(12-16(18)6-9-21(19)34)24(27,25(28,29)30)26(31,32)33/h2-5,7-8,12,19-21H,6,9-11,13H2,1H3,(H,36,37)/t19-,20?,21+/m0/s1. The van der Waals surface area contributed by atoms with Crippen molar-refractivity contribution >= 4 is 11.9 Å². The molecule has 1 aliphatic heterocycles. The van der Waals surface area contributed by atoms with Gasteiger partial charge in [0.25, 0.3) is 5.91 Å². The lowest BCUT2D eigenvalue weighted by molar-refractivity contribution is -0.348. The van der Waals surface area contributed by atoms with Gasteiger partial charge >= 0.3 is 24.0 Å². The Morgan fingerprint density at radius 2 is 1.63 bits per heavy atom. The second-order valence-electron chi connectivity index (χ2n) is 9.54. The molecule has 0 spiro atoms. The lowest BCUT2D eigenvalue weighted by Gasteiger charge is -2.35. The Balaban J connectivity index is 1.56. The minimum absolute atomic E-state index is 0.0465. The maximum atomic E-state index is 14.6. The highest BCUT2D eigenvalue weighted by Crippen LogP contribution is 2.54. The number of ether oxygens (including phenoxy) is 1. The van der Waals surface area contributed by atoms with Crippen LogP contribution in [0.1, 0.15) is 57.3 Å². The first-order valence-corrected chi connectivity index (χ1v) is 11.8. The van der Waals surface area contributed by atoms with Crippen molar-refractivity contribution in [2.24, 2.45) is 0 Å². The zero-order valence-electron chi connectivity index (χ0n) is 20.1. The van der Waals surface area contributed by atoms with Gasteiger partial charge in [0.05, 0.1) is 6.61 Å². The summed E-state index contributed by atoms with van der Waals surface area (Å²) >= 11 is 0. The zero-order chi connectivity index (χ0) is 28.0. The van der Waals surface area contributed by atoms with E-state index in [2.05, 4.69) is 0 Å². The average molecular weight is 547 g/mol. The predicted molar refractivity (Wildman–Crippen MR) is 121 cm³/mol. The number of hydrogen-bond acceptors (Lipinski definition) is 3. The summed E-state index contributed by atoms with van der Waals surface area (Å²) in [6.07, 6.45) is -11.6. The van der Waals surface area contributed by atoms with E-state index in [1.165, 1.54) is 31.4 Å². The third-order valence-corrected chi connectivity index (χ3v) is 7.43. The van der Waals surface area contributed by atoms with Crippen molar-refractivity contribution in [1.29, 1.82) is 0 Å². The molecule has 1 amide bonds. The van der Waals surface area contributed by atoms with Gasteiger partial charge in [-0.15, -0.1) is 0 Å². The smallest absolute Gasteiger partial charge is 0.435 e. The number of nitrogens with zero attached hydrogens (tertiary/aromatic N) is 1. The minimum Gasteiger partial charge on any atom is -0.481 e. The Morgan fingerprint density at radius 3 is 2.18 bits per heavy atom. The number of rotatable bonds is 6. The number of alkyl halides is 7. The first kappa shape index (κ1) is 27.9. The summed E-state index contributed by atoms with van der Waals surface area (Å²) in [4.78, 5) is 26.3. The van der Waals surface area contributed by atoms with E-state index in [1.807, 2.05) is 0 Å². The lowest BCUT2D eigenvalue weighted by atomic mass is 9.77. The third-order valence-electron chi connectivity index (χ3n) is 7.43. The van der Waals surface area contributed by atoms with Crippen LogP contribution in [0, 0.1) is 0 Å². The number of carbonyl (C=O) groups is 2. The largest absolute Gasteiger partial charge is 0.481 e. The third kappa shape index (κ3) is 4.63. The van der Waals surface area contributed by atoms with Gasteiger partial charge in [0, 0.05) is 36.7 Å². The van der Waals surface area contributed by atoms with Gasteiger partial charge in [-0.25, -0.2) is 4.39 Å². The SMILES string of the molecule is COCC(C(=O)O)c1ccc(C(=O)N2CC[C@H]3c4ccc(C(F)(C(F)(F)F)C(F)(F)F)cc4CC[C@H]32)cc1. The van der Waals surface area contributed by atoms with Crippen molar-refractivity contribution in [3.63, 3.8) is 0 Å². The molecule has 206 valence electrons. The van der Waals surface area contributed by atoms with Crippen molar-refractivity contribution < 1.29 is 50.2 Å². The first-order chi connectivity index (χ1) is 17.7. The van der Waals surface area contributed by atoms with Gasteiger partial charge in [0.15, 0.2) is 0 Å². The van der Waals surface area contributed by atoms with E-state index in [4.69, 9.17) is 4.74 Å². The molecule has 12 heteroatoms. The van der Waals surface area contributed by atoms with Crippen molar-refractivity contribution in [1.82, 2.24) is 4.90 Å². The number of carboxylic acids is 1. The van der Waals surface area contributed by atoms with E-state index in [9.17, 15) is 45.4 Å². The Morgan fingerprint density at radius 1 is 1.00 bits per heavy atom. The number of halogens is 7. The second-order valence-corrected chi connectivity index (χ2v) is 9.54. The summed E-state index contributed by atoms with van der Waals surface area (Å²) < 4.78 is 98.7. The van der Waals surface area contributed by atoms with Gasteiger partial charge in [-0.3, -0.25) is 9.59 Å². The minimum atomic E-state index is -6.18. The second kappa shape index (κ2) is 9.87. The molecule has 0 saturated carbocycles. The molecule has 0 aromatic heterocycles. The normalized spacial score (nSPS) is 20.6. The highest BCUT2D eigenvalue weighted by Gasteiger charge is 2.73. The number of carbonyl (C=O) groups excluding carboxylic acids is 1. The summed E-state index contributed by atoms with van der Waals surface area (Å²) in [5, 5.41) is 9.37. The van der Waals surface area contributed by atoms with Crippen LogP contribution in [0.5, 0.6) is 0 Å². The molecular weight excluding hydrogens is 523 g/mol. The van der Waals surface area contributed by atoms with Crippen LogP contribution in [0.15, 0.2) is 42.5 Å². The van der Waals surface area contributed by atoms with E-state index in [0.29, 0.717) is 41.8 Å². The van der Waals surface area contributed by atoms with Crippen LogP contribution in [-0.2, 0) is 21.6 Å². The number of methoxy groups -OCH3 is 1. The number of aryl methyl sites for hydroxylation is 1. The summed E-state index contributed by atoms with van der Waals surface area (Å²) in [6, 6.07) is 8.03.